The number of aliphatic hydroxyl groups is 1. The van der Waals surface area contributed by atoms with Crippen LogP contribution in [0.25, 0.3) is 0 Å². The second kappa shape index (κ2) is 5.19. The maximum atomic E-state index is 11.9. The smallest absolute Gasteiger partial charge is 0.321 e. The second-order valence-corrected chi connectivity index (χ2v) is 4.54. The number of nitrogens with one attached hydrogen (secondary N) is 1. The topological polar surface area (TPSA) is 52.6 Å². The van der Waals surface area contributed by atoms with Crippen LogP contribution in [0.4, 0.5) is 10.5 Å². The van der Waals surface area contributed by atoms with E-state index in [2.05, 4.69) is 5.32 Å². The Kier molecular flexibility index (Phi) is 3.64. The zero-order chi connectivity index (χ0) is 12.3. The second-order valence-electron chi connectivity index (χ2n) is 4.54. The van der Waals surface area contributed by atoms with Gasteiger partial charge in [-0.2, -0.15) is 0 Å². The van der Waals surface area contributed by atoms with Crippen molar-refractivity contribution in [1.29, 1.82) is 0 Å². The molecule has 17 heavy (non-hydrogen) atoms. The predicted octanol–water partition coefficient (Wildman–Crippen LogP) is 1.98. The van der Waals surface area contributed by atoms with Gasteiger partial charge in [-0.1, -0.05) is 12.1 Å². The van der Waals surface area contributed by atoms with E-state index in [9.17, 15) is 9.90 Å². The van der Waals surface area contributed by atoms with E-state index in [0.717, 1.165) is 24.1 Å². The minimum absolute atomic E-state index is 0.130. The van der Waals surface area contributed by atoms with Crippen LogP contribution in [0.1, 0.15) is 18.4 Å². The van der Waals surface area contributed by atoms with Gasteiger partial charge in [0.2, 0.25) is 0 Å². The first kappa shape index (κ1) is 11.9. The van der Waals surface area contributed by atoms with Gasteiger partial charge in [0, 0.05) is 18.8 Å². The highest BCUT2D eigenvalue weighted by molar-refractivity contribution is 5.89. The summed E-state index contributed by atoms with van der Waals surface area (Å²) in [6, 6.07) is 7.56. The van der Waals surface area contributed by atoms with Crippen LogP contribution >= 0.6 is 0 Å². The van der Waals surface area contributed by atoms with Crippen molar-refractivity contribution in [2.24, 2.45) is 0 Å². The van der Waals surface area contributed by atoms with E-state index in [1.807, 2.05) is 31.2 Å². The van der Waals surface area contributed by atoms with E-state index in [1.54, 1.807) is 4.90 Å². The number of hydrogen-bond donors (Lipinski definition) is 2. The number of carbonyl (C=O) groups is 1. The molecule has 2 rings (SSSR count). The molecule has 1 heterocycles. The van der Waals surface area contributed by atoms with Crippen molar-refractivity contribution >= 4 is 11.7 Å². The lowest BCUT2D eigenvalue weighted by atomic mass is 10.1. The van der Waals surface area contributed by atoms with Gasteiger partial charge in [-0.15, -0.1) is 0 Å². The van der Waals surface area contributed by atoms with Crippen LogP contribution in [0, 0.1) is 6.92 Å². The summed E-state index contributed by atoms with van der Waals surface area (Å²) >= 11 is 0. The third-order valence-electron chi connectivity index (χ3n) is 2.95. The summed E-state index contributed by atoms with van der Waals surface area (Å²) in [6.45, 7) is 3.13. The largest absolute Gasteiger partial charge is 0.391 e. The van der Waals surface area contributed by atoms with Crippen LogP contribution in [0.2, 0.25) is 0 Å². The van der Waals surface area contributed by atoms with Crippen molar-refractivity contribution in [2.75, 3.05) is 18.4 Å². The SMILES string of the molecule is Cc1cccc(NC(=O)N2CCC[C@@H](O)C2)c1. The summed E-state index contributed by atoms with van der Waals surface area (Å²) in [5.74, 6) is 0. The van der Waals surface area contributed by atoms with E-state index in [1.165, 1.54) is 0 Å². The number of nitrogens with zero attached hydrogens (tertiary/aromatic N) is 1. The number of hydrogen-bond acceptors (Lipinski definition) is 2. The van der Waals surface area contributed by atoms with E-state index >= 15 is 0 Å². The van der Waals surface area contributed by atoms with Gasteiger partial charge in [0.1, 0.15) is 0 Å². The number of urea groups is 1. The highest BCUT2D eigenvalue weighted by Crippen LogP contribution is 2.14. The first-order valence-corrected chi connectivity index (χ1v) is 5.96. The number of carbonyl (C=O) groups excluding carboxylic acids is 1. The first-order chi connectivity index (χ1) is 8.15. The summed E-state index contributed by atoms with van der Waals surface area (Å²) in [5.41, 5.74) is 1.91. The summed E-state index contributed by atoms with van der Waals surface area (Å²) in [6.07, 6.45) is 1.27. The van der Waals surface area contributed by atoms with Crippen molar-refractivity contribution in [2.45, 2.75) is 25.9 Å². The van der Waals surface area contributed by atoms with Gasteiger partial charge in [-0.25, -0.2) is 4.79 Å². The Hall–Kier alpha value is -1.55. The molecule has 0 bridgehead atoms. The van der Waals surface area contributed by atoms with Crippen LogP contribution < -0.4 is 5.32 Å². The molecule has 0 radical (unpaired) electrons. The Balaban J connectivity index is 1.96. The van der Waals surface area contributed by atoms with Gasteiger partial charge in [-0.3, -0.25) is 0 Å². The average molecular weight is 234 g/mol. The van der Waals surface area contributed by atoms with Crippen molar-refractivity contribution in [1.82, 2.24) is 4.90 Å². The molecule has 0 unspecified atom stereocenters. The summed E-state index contributed by atoms with van der Waals surface area (Å²) in [7, 11) is 0. The zero-order valence-corrected chi connectivity index (χ0v) is 10.0. The summed E-state index contributed by atoms with van der Waals surface area (Å²) in [5, 5.41) is 12.4. The Morgan fingerprint density at radius 3 is 3.06 bits per heavy atom. The fourth-order valence-corrected chi connectivity index (χ4v) is 2.06. The number of anilines is 1. The molecule has 2 N–H and O–H groups in total. The predicted molar refractivity (Wildman–Crippen MR) is 67.0 cm³/mol. The quantitative estimate of drug-likeness (QED) is 0.780. The number of β-amino-alcohol motifs (C(OH)–C–C–N with tert-alkyl or cyclic N) is 1. The Labute approximate surface area is 101 Å². The Morgan fingerprint density at radius 2 is 2.35 bits per heavy atom. The molecule has 0 aliphatic carbocycles. The number of aryl methyl sites for hydroxylation is 1. The number of likely N-dealkylation sites (tertiary alicyclic amines) is 1. The standard InChI is InChI=1S/C13H18N2O2/c1-10-4-2-5-11(8-10)14-13(17)15-7-3-6-12(16)9-15/h2,4-5,8,12,16H,3,6-7,9H2,1H3,(H,14,17)/t12-/m1/s1. The molecule has 0 spiro atoms. The monoisotopic (exact) mass is 234 g/mol. The highest BCUT2D eigenvalue weighted by atomic mass is 16.3. The summed E-state index contributed by atoms with van der Waals surface area (Å²) < 4.78 is 0. The minimum atomic E-state index is -0.382. The molecule has 1 aliphatic rings. The molecule has 2 amide bonds. The van der Waals surface area contributed by atoms with Crippen molar-refractivity contribution in [3.63, 3.8) is 0 Å². The number of aliphatic hydroxyl groups excluding tert-OH is 1. The zero-order valence-electron chi connectivity index (χ0n) is 10.0. The molecule has 1 fully saturated rings. The van der Waals surface area contributed by atoms with Crippen LogP contribution in [0.15, 0.2) is 24.3 Å². The normalized spacial score (nSPS) is 20.1. The molecule has 1 aromatic rings. The fraction of sp³-hybridized carbons (Fsp3) is 0.462. The van der Waals surface area contributed by atoms with Gasteiger partial charge in [-0.05, 0) is 37.5 Å². The third-order valence-corrected chi connectivity index (χ3v) is 2.95. The van der Waals surface area contributed by atoms with E-state index in [4.69, 9.17) is 0 Å². The van der Waals surface area contributed by atoms with Gasteiger partial charge in [0.05, 0.1) is 6.10 Å². The summed E-state index contributed by atoms with van der Waals surface area (Å²) in [4.78, 5) is 13.6. The molecule has 1 aliphatic heterocycles. The highest BCUT2D eigenvalue weighted by Gasteiger charge is 2.21. The van der Waals surface area contributed by atoms with Crippen LogP contribution in [-0.2, 0) is 0 Å². The number of rotatable bonds is 1. The molecular weight excluding hydrogens is 216 g/mol. The van der Waals surface area contributed by atoms with E-state index in [0.29, 0.717) is 13.1 Å². The molecule has 92 valence electrons. The molecule has 4 nitrogen and oxygen atoms in total. The van der Waals surface area contributed by atoms with Crippen molar-refractivity contribution in [3.05, 3.63) is 29.8 Å². The minimum Gasteiger partial charge on any atom is -0.391 e. The Bertz CT molecular complexity index is 406. The number of benzene rings is 1. The third kappa shape index (κ3) is 3.20. The molecule has 1 atom stereocenters. The van der Waals surface area contributed by atoms with Gasteiger partial charge < -0.3 is 15.3 Å². The van der Waals surface area contributed by atoms with Crippen LogP contribution in [0.5, 0.6) is 0 Å². The lowest BCUT2D eigenvalue weighted by Crippen LogP contribution is -2.44. The maximum absolute atomic E-state index is 11.9. The molecule has 0 saturated carbocycles. The average Bonchev–Trinajstić information content (AvgIpc) is 2.29. The molecule has 1 saturated heterocycles. The number of piperidine rings is 1. The number of amides is 2. The van der Waals surface area contributed by atoms with Gasteiger partial charge >= 0.3 is 6.03 Å². The Morgan fingerprint density at radius 1 is 1.53 bits per heavy atom. The van der Waals surface area contributed by atoms with Crippen molar-refractivity contribution < 1.29 is 9.90 Å². The van der Waals surface area contributed by atoms with Crippen molar-refractivity contribution in [3.8, 4) is 0 Å². The molecule has 1 aromatic carbocycles. The molecule has 0 aromatic heterocycles. The molecule has 4 heteroatoms. The lowest BCUT2D eigenvalue weighted by molar-refractivity contribution is 0.0883. The van der Waals surface area contributed by atoms with E-state index in [-0.39, 0.29) is 12.1 Å². The van der Waals surface area contributed by atoms with Crippen LogP contribution in [-0.4, -0.2) is 35.2 Å². The van der Waals surface area contributed by atoms with Crippen LogP contribution in [0.3, 0.4) is 0 Å². The van der Waals surface area contributed by atoms with E-state index < -0.39 is 0 Å². The molecular formula is C13H18N2O2. The lowest BCUT2D eigenvalue weighted by Gasteiger charge is -2.30. The van der Waals surface area contributed by atoms with Gasteiger partial charge in [0.15, 0.2) is 0 Å². The van der Waals surface area contributed by atoms with Gasteiger partial charge in [0.25, 0.3) is 0 Å². The maximum Gasteiger partial charge on any atom is 0.321 e. The fourth-order valence-electron chi connectivity index (χ4n) is 2.06. The first-order valence-electron chi connectivity index (χ1n) is 5.96.